The molecule has 0 aromatic carbocycles. The summed E-state index contributed by atoms with van der Waals surface area (Å²) in [7, 11) is 1.88. The van der Waals surface area contributed by atoms with Crippen LogP contribution in [0.15, 0.2) is 18.9 Å². The zero-order valence-electron chi connectivity index (χ0n) is 9.82. The van der Waals surface area contributed by atoms with Gasteiger partial charge in [0.15, 0.2) is 0 Å². The fraction of sp³-hybridized carbons (Fsp3) is 0.636. The van der Waals surface area contributed by atoms with Gasteiger partial charge in [0.2, 0.25) is 0 Å². The maximum Gasteiger partial charge on any atom is 0.0836 e. The van der Waals surface area contributed by atoms with E-state index in [2.05, 4.69) is 36.1 Å². The normalized spacial score (nSPS) is 14.9. The van der Waals surface area contributed by atoms with Gasteiger partial charge < -0.3 is 5.32 Å². The highest BCUT2D eigenvalue weighted by atomic mass is 15.4. The molecule has 0 bridgehead atoms. The summed E-state index contributed by atoms with van der Waals surface area (Å²) in [4.78, 5) is 0. The summed E-state index contributed by atoms with van der Waals surface area (Å²) in [6.45, 7) is 10.1. The summed E-state index contributed by atoms with van der Waals surface area (Å²) in [5, 5.41) is 11.4. The minimum atomic E-state index is 0.0477. The molecular weight excluding hydrogens is 188 g/mol. The quantitative estimate of drug-likeness (QED) is 0.713. The van der Waals surface area contributed by atoms with Crippen LogP contribution >= 0.6 is 0 Å². The lowest BCUT2D eigenvalue weighted by Gasteiger charge is -2.24. The summed E-state index contributed by atoms with van der Waals surface area (Å²) >= 11 is 0. The van der Waals surface area contributed by atoms with Gasteiger partial charge in [-0.2, -0.15) is 0 Å². The first-order chi connectivity index (χ1) is 7.09. The Hall–Kier alpha value is -1.16. The standard InChI is InChI=1S/C11H20N4/c1-5-11(3,9-12-6-2)7-10-8-15(4)14-13-10/h5,8,12H,1,6-7,9H2,2-4H3. The molecule has 15 heavy (non-hydrogen) atoms. The number of nitrogens with one attached hydrogen (secondary N) is 1. The van der Waals surface area contributed by atoms with E-state index in [0.29, 0.717) is 0 Å². The highest BCUT2D eigenvalue weighted by Crippen LogP contribution is 2.21. The fourth-order valence-electron chi connectivity index (χ4n) is 1.51. The number of aryl methyl sites for hydroxylation is 1. The molecule has 1 aromatic rings. The number of rotatable bonds is 6. The number of nitrogens with zero attached hydrogens (tertiary/aromatic N) is 3. The van der Waals surface area contributed by atoms with Crippen LogP contribution in [0.2, 0.25) is 0 Å². The van der Waals surface area contributed by atoms with Gasteiger partial charge in [-0.1, -0.05) is 25.1 Å². The van der Waals surface area contributed by atoms with Crippen LogP contribution in [0, 0.1) is 5.41 Å². The molecule has 1 heterocycles. The van der Waals surface area contributed by atoms with Gasteiger partial charge in [0.1, 0.15) is 0 Å². The summed E-state index contributed by atoms with van der Waals surface area (Å²) in [5.74, 6) is 0. The fourth-order valence-corrected chi connectivity index (χ4v) is 1.51. The van der Waals surface area contributed by atoms with Crippen LogP contribution in [0.4, 0.5) is 0 Å². The van der Waals surface area contributed by atoms with Crippen molar-refractivity contribution in [1.29, 1.82) is 0 Å². The zero-order valence-corrected chi connectivity index (χ0v) is 9.82. The molecule has 1 N–H and O–H groups in total. The van der Waals surface area contributed by atoms with Crippen LogP contribution in [0.1, 0.15) is 19.5 Å². The van der Waals surface area contributed by atoms with E-state index >= 15 is 0 Å². The monoisotopic (exact) mass is 208 g/mol. The predicted molar refractivity (Wildman–Crippen MR) is 61.6 cm³/mol. The van der Waals surface area contributed by atoms with Crippen molar-refractivity contribution in [3.63, 3.8) is 0 Å². The maximum atomic E-state index is 4.09. The second-order valence-corrected chi connectivity index (χ2v) is 4.20. The Bertz CT molecular complexity index is 318. The van der Waals surface area contributed by atoms with Crippen molar-refractivity contribution in [3.05, 3.63) is 24.5 Å². The van der Waals surface area contributed by atoms with Gasteiger partial charge in [-0.3, -0.25) is 4.68 Å². The van der Waals surface area contributed by atoms with Crippen molar-refractivity contribution in [2.45, 2.75) is 20.3 Å². The lowest BCUT2D eigenvalue weighted by molar-refractivity contribution is 0.392. The molecule has 1 aromatic heterocycles. The van der Waals surface area contributed by atoms with E-state index in [-0.39, 0.29) is 5.41 Å². The van der Waals surface area contributed by atoms with Crippen LogP contribution in [0.25, 0.3) is 0 Å². The second kappa shape index (κ2) is 5.07. The van der Waals surface area contributed by atoms with Gasteiger partial charge in [0.05, 0.1) is 5.69 Å². The van der Waals surface area contributed by atoms with Gasteiger partial charge in [-0.05, 0) is 6.54 Å². The van der Waals surface area contributed by atoms with Crippen LogP contribution in [-0.4, -0.2) is 28.1 Å². The number of hydrogen-bond acceptors (Lipinski definition) is 3. The van der Waals surface area contributed by atoms with Crippen molar-refractivity contribution >= 4 is 0 Å². The van der Waals surface area contributed by atoms with Crippen LogP contribution in [-0.2, 0) is 13.5 Å². The van der Waals surface area contributed by atoms with E-state index in [1.54, 1.807) is 4.68 Å². The van der Waals surface area contributed by atoms with Gasteiger partial charge in [-0.15, -0.1) is 11.7 Å². The second-order valence-electron chi connectivity index (χ2n) is 4.20. The maximum absolute atomic E-state index is 4.09. The van der Waals surface area contributed by atoms with Crippen LogP contribution in [0.3, 0.4) is 0 Å². The van der Waals surface area contributed by atoms with Crippen molar-refractivity contribution in [2.24, 2.45) is 12.5 Å². The Morgan fingerprint density at radius 3 is 2.87 bits per heavy atom. The molecule has 1 unspecified atom stereocenters. The largest absolute Gasteiger partial charge is 0.316 e. The molecule has 1 atom stereocenters. The molecule has 0 fully saturated rings. The summed E-state index contributed by atoms with van der Waals surface area (Å²) in [5.41, 5.74) is 1.06. The first kappa shape index (κ1) is 11.9. The molecule has 0 aliphatic heterocycles. The van der Waals surface area contributed by atoms with E-state index in [9.17, 15) is 0 Å². The van der Waals surface area contributed by atoms with Gasteiger partial charge in [-0.25, -0.2) is 0 Å². The molecule has 0 spiro atoms. The van der Waals surface area contributed by atoms with Crippen molar-refractivity contribution < 1.29 is 0 Å². The van der Waals surface area contributed by atoms with E-state index < -0.39 is 0 Å². The third-order valence-electron chi connectivity index (χ3n) is 2.51. The average Bonchev–Trinajstić information content (AvgIpc) is 2.61. The van der Waals surface area contributed by atoms with Gasteiger partial charge in [0, 0.05) is 31.6 Å². The molecular formula is C11H20N4. The third kappa shape index (κ3) is 3.47. The number of hydrogen-bond donors (Lipinski definition) is 1. The molecule has 84 valence electrons. The molecule has 4 nitrogen and oxygen atoms in total. The van der Waals surface area contributed by atoms with Gasteiger partial charge >= 0.3 is 0 Å². The molecule has 0 saturated heterocycles. The zero-order chi connectivity index (χ0) is 11.3. The summed E-state index contributed by atoms with van der Waals surface area (Å²) < 4.78 is 1.73. The lowest BCUT2D eigenvalue weighted by Crippen LogP contribution is -2.32. The van der Waals surface area contributed by atoms with Crippen molar-refractivity contribution in [1.82, 2.24) is 20.3 Å². The lowest BCUT2D eigenvalue weighted by atomic mass is 9.85. The SMILES string of the molecule is C=CC(C)(CNCC)Cc1cn(C)nn1. The van der Waals surface area contributed by atoms with E-state index in [4.69, 9.17) is 0 Å². The van der Waals surface area contributed by atoms with E-state index in [0.717, 1.165) is 25.2 Å². The molecule has 0 aliphatic rings. The summed E-state index contributed by atoms with van der Waals surface area (Å²) in [6.07, 6.45) is 4.81. The van der Waals surface area contributed by atoms with Crippen LogP contribution in [0.5, 0.6) is 0 Å². The molecule has 0 radical (unpaired) electrons. The van der Waals surface area contributed by atoms with E-state index in [1.807, 2.05) is 19.3 Å². The topological polar surface area (TPSA) is 42.7 Å². The molecule has 1 rings (SSSR count). The Kier molecular flexibility index (Phi) is 4.03. The molecule has 4 heteroatoms. The third-order valence-corrected chi connectivity index (χ3v) is 2.51. The van der Waals surface area contributed by atoms with Gasteiger partial charge in [0.25, 0.3) is 0 Å². The first-order valence-corrected chi connectivity index (χ1v) is 5.29. The van der Waals surface area contributed by atoms with Crippen molar-refractivity contribution in [3.8, 4) is 0 Å². The highest BCUT2D eigenvalue weighted by Gasteiger charge is 2.21. The summed E-state index contributed by atoms with van der Waals surface area (Å²) in [6, 6.07) is 0. The van der Waals surface area contributed by atoms with E-state index in [1.165, 1.54) is 0 Å². The Morgan fingerprint density at radius 1 is 1.67 bits per heavy atom. The highest BCUT2D eigenvalue weighted by molar-refractivity contribution is 5.04. The average molecular weight is 208 g/mol. The minimum Gasteiger partial charge on any atom is -0.316 e. The molecule has 0 aliphatic carbocycles. The van der Waals surface area contributed by atoms with Crippen molar-refractivity contribution in [2.75, 3.05) is 13.1 Å². The number of aromatic nitrogens is 3. The smallest absolute Gasteiger partial charge is 0.0836 e. The Balaban J connectivity index is 2.63. The minimum absolute atomic E-state index is 0.0477. The molecule has 0 saturated carbocycles. The predicted octanol–water partition coefficient (Wildman–Crippen LogP) is 1.16. The van der Waals surface area contributed by atoms with Crippen LogP contribution < -0.4 is 5.32 Å². The first-order valence-electron chi connectivity index (χ1n) is 5.29. The Labute approximate surface area is 91.4 Å². The molecule has 0 amide bonds. The Morgan fingerprint density at radius 2 is 2.40 bits per heavy atom.